The van der Waals surface area contributed by atoms with Gasteiger partial charge in [-0.1, -0.05) is 23.7 Å². The number of benzene rings is 2. The first-order valence-corrected chi connectivity index (χ1v) is 6.33. The molecule has 100 valence electrons. The van der Waals surface area contributed by atoms with Gasteiger partial charge in [-0.2, -0.15) is 0 Å². The van der Waals surface area contributed by atoms with Crippen molar-refractivity contribution in [1.29, 1.82) is 0 Å². The zero-order chi connectivity index (χ0) is 14.0. The molecule has 0 aromatic heterocycles. The summed E-state index contributed by atoms with van der Waals surface area (Å²) < 4.78 is 13.0. The summed E-state index contributed by atoms with van der Waals surface area (Å²) in [6.07, 6.45) is -0.348. The summed E-state index contributed by atoms with van der Waals surface area (Å²) in [6, 6.07) is 9.53. The summed E-state index contributed by atoms with van der Waals surface area (Å²) >= 11 is 5.82. The van der Waals surface area contributed by atoms with Crippen molar-refractivity contribution in [3.63, 3.8) is 0 Å². The monoisotopic (exact) mass is 279 g/mol. The van der Waals surface area contributed by atoms with E-state index in [1.165, 1.54) is 12.1 Å². The van der Waals surface area contributed by atoms with Crippen molar-refractivity contribution in [3.8, 4) is 0 Å². The number of anilines is 1. The molecule has 0 saturated carbocycles. The molecule has 3 N–H and O–H groups in total. The summed E-state index contributed by atoms with van der Waals surface area (Å²) in [5.74, 6) is -0.276. The van der Waals surface area contributed by atoms with Crippen molar-refractivity contribution in [2.45, 2.75) is 19.4 Å². The highest BCUT2D eigenvalue weighted by Crippen LogP contribution is 2.27. The number of aryl methyl sites for hydroxylation is 1. The zero-order valence-electron chi connectivity index (χ0n) is 10.5. The largest absolute Gasteiger partial charge is 0.398 e. The highest BCUT2D eigenvalue weighted by atomic mass is 35.5. The van der Waals surface area contributed by atoms with Gasteiger partial charge in [-0.25, -0.2) is 4.39 Å². The summed E-state index contributed by atoms with van der Waals surface area (Å²) in [4.78, 5) is 0. The molecule has 0 aliphatic heterocycles. The van der Waals surface area contributed by atoms with E-state index in [2.05, 4.69) is 0 Å². The number of hydrogen-bond acceptors (Lipinski definition) is 2. The summed E-state index contributed by atoms with van der Waals surface area (Å²) in [7, 11) is 0. The lowest BCUT2D eigenvalue weighted by atomic mass is 9.97. The van der Waals surface area contributed by atoms with Crippen molar-refractivity contribution in [2.24, 2.45) is 0 Å². The maximum Gasteiger partial charge on any atom is 0.123 e. The van der Waals surface area contributed by atoms with Crippen LogP contribution in [0.4, 0.5) is 10.1 Å². The second-order valence-corrected chi connectivity index (χ2v) is 5.00. The molecule has 0 saturated heterocycles. The first kappa shape index (κ1) is 13.8. The molecule has 2 nitrogen and oxygen atoms in total. The summed E-state index contributed by atoms with van der Waals surface area (Å²) in [6.45, 7) is 1.82. The Kier molecular flexibility index (Phi) is 4.08. The van der Waals surface area contributed by atoms with Crippen LogP contribution in [0.1, 0.15) is 22.8 Å². The molecule has 1 atom stereocenters. The Labute approximate surface area is 116 Å². The second kappa shape index (κ2) is 5.59. The van der Waals surface area contributed by atoms with Crippen LogP contribution < -0.4 is 5.73 Å². The van der Waals surface area contributed by atoms with Crippen LogP contribution in [0, 0.1) is 12.7 Å². The minimum absolute atomic E-state index is 0.276. The Morgan fingerprint density at radius 1 is 1.26 bits per heavy atom. The molecule has 0 radical (unpaired) electrons. The number of rotatable bonds is 3. The number of aliphatic hydroxyl groups excluding tert-OH is 1. The first-order valence-electron chi connectivity index (χ1n) is 5.95. The lowest BCUT2D eigenvalue weighted by molar-refractivity contribution is 0.179. The van der Waals surface area contributed by atoms with Gasteiger partial charge >= 0.3 is 0 Å². The van der Waals surface area contributed by atoms with Crippen molar-refractivity contribution in [1.82, 2.24) is 0 Å². The van der Waals surface area contributed by atoms with Gasteiger partial charge < -0.3 is 10.8 Å². The van der Waals surface area contributed by atoms with Crippen LogP contribution in [0.5, 0.6) is 0 Å². The lowest BCUT2D eigenvalue weighted by Crippen LogP contribution is -2.06. The molecule has 2 aromatic rings. The zero-order valence-corrected chi connectivity index (χ0v) is 11.3. The van der Waals surface area contributed by atoms with Crippen LogP contribution >= 0.6 is 11.6 Å². The Bertz CT molecular complexity index is 601. The van der Waals surface area contributed by atoms with Crippen LogP contribution in [0.25, 0.3) is 0 Å². The molecule has 2 rings (SSSR count). The van der Waals surface area contributed by atoms with Crippen LogP contribution in [-0.2, 0) is 6.42 Å². The molecule has 4 heteroatoms. The fraction of sp³-hybridized carbons (Fsp3) is 0.200. The van der Waals surface area contributed by atoms with Crippen LogP contribution in [0.3, 0.4) is 0 Å². The Balaban J connectivity index is 2.23. The number of halogens is 2. The minimum Gasteiger partial charge on any atom is -0.398 e. The third kappa shape index (κ3) is 3.25. The fourth-order valence-electron chi connectivity index (χ4n) is 2.06. The Hall–Kier alpha value is -1.58. The molecule has 0 heterocycles. The number of hydrogen-bond donors (Lipinski definition) is 2. The predicted octanol–water partition coefficient (Wildman–Crippen LogP) is 3.65. The molecule has 0 spiro atoms. The van der Waals surface area contributed by atoms with E-state index in [-0.39, 0.29) is 5.82 Å². The smallest absolute Gasteiger partial charge is 0.123 e. The Morgan fingerprint density at radius 2 is 2.00 bits per heavy atom. The third-order valence-corrected chi connectivity index (χ3v) is 3.36. The van der Waals surface area contributed by atoms with Crippen LogP contribution in [0.2, 0.25) is 5.02 Å². The van der Waals surface area contributed by atoms with Gasteiger partial charge in [0.05, 0.1) is 6.10 Å². The Morgan fingerprint density at radius 3 is 2.63 bits per heavy atom. The molecule has 0 aliphatic rings. The van der Waals surface area contributed by atoms with Crippen molar-refractivity contribution in [3.05, 3.63) is 63.9 Å². The van der Waals surface area contributed by atoms with Gasteiger partial charge in [-0.3, -0.25) is 0 Å². The van der Waals surface area contributed by atoms with E-state index in [9.17, 15) is 9.50 Å². The molecular weight excluding hydrogens is 265 g/mol. The summed E-state index contributed by atoms with van der Waals surface area (Å²) in [5, 5.41) is 10.8. The van der Waals surface area contributed by atoms with Gasteiger partial charge in [0, 0.05) is 22.7 Å². The van der Waals surface area contributed by atoms with Gasteiger partial charge in [-0.05, 0) is 42.3 Å². The SMILES string of the molecule is Cc1cc(F)ccc1CC(O)c1ccc(Cl)cc1N. The maximum absolute atomic E-state index is 13.0. The number of nitrogens with two attached hydrogens (primary N) is 1. The molecule has 1 unspecified atom stereocenters. The van der Waals surface area contributed by atoms with Gasteiger partial charge in [-0.15, -0.1) is 0 Å². The van der Waals surface area contributed by atoms with E-state index >= 15 is 0 Å². The summed E-state index contributed by atoms with van der Waals surface area (Å²) in [5.41, 5.74) is 8.63. The molecular formula is C15H15ClFNO. The van der Waals surface area contributed by atoms with Gasteiger partial charge in [0.1, 0.15) is 5.82 Å². The highest BCUT2D eigenvalue weighted by Gasteiger charge is 2.13. The topological polar surface area (TPSA) is 46.2 Å². The van der Waals surface area contributed by atoms with Gasteiger partial charge in [0.2, 0.25) is 0 Å². The maximum atomic E-state index is 13.0. The van der Waals surface area contributed by atoms with E-state index in [1.807, 2.05) is 6.92 Å². The van der Waals surface area contributed by atoms with E-state index in [0.29, 0.717) is 22.7 Å². The lowest BCUT2D eigenvalue weighted by Gasteiger charge is -2.15. The number of aliphatic hydroxyl groups is 1. The van der Waals surface area contributed by atoms with E-state index < -0.39 is 6.10 Å². The van der Waals surface area contributed by atoms with Crippen LogP contribution in [-0.4, -0.2) is 5.11 Å². The molecule has 0 aliphatic carbocycles. The van der Waals surface area contributed by atoms with E-state index in [4.69, 9.17) is 17.3 Å². The average molecular weight is 280 g/mol. The van der Waals surface area contributed by atoms with E-state index in [1.54, 1.807) is 24.3 Å². The molecule has 0 bridgehead atoms. The van der Waals surface area contributed by atoms with Crippen LogP contribution in [0.15, 0.2) is 36.4 Å². The quantitative estimate of drug-likeness (QED) is 0.843. The third-order valence-electron chi connectivity index (χ3n) is 3.13. The van der Waals surface area contributed by atoms with Gasteiger partial charge in [0.15, 0.2) is 0 Å². The molecule has 2 aromatic carbocycles. The standard InChI is InChI=1S/C15H15ClFNO/c1-9-6-12(17)4-2-10(9)7-15(19)13-5-3-11(16)8-14(13)18/h2-6,8,15,19H,7,18H2,1H3. The average Bonchev–Trinajstić information content (AvgIpc) is 2.32. The highest BCUT2D eigenvalue weighted by molar-refractivity contribution is 6.30. The molecule has 19 heavy (non-hydrogen) atoms. The molecule has 0 amide bonds. The van der Waals surface area contributed by atoms with Gasteiger partial charge in [0.25, 0.3) is 0 Å². The van der Waals surface area contributed by atoms with E-state index in [0.717, 1.165) is 11.1 Å². The van der Waals surface area contributed by atoms with Crippen molar-refractivity contribution < 1.29 is 9.50 Å². The van der Waals surface area contributed by atoms with Crippen molar-refractivity contribution in [2.75, 3.05) is 5.73 Å². The minimum atomic E-state index is -0.735. The van der Waals surface area contributed by atoms with Crippen molar-refractivity contribution >= 4 is 17.3 Å². The normalized spacial score (nSPS) is 12.4. The fourth-order valence-corrected chi connectivity index (χ4v) is 2.24. The second-order valence-electron chi connectivity index (χ2n) is 4.56. The first-order chi connectivity index (χ1) is 8.97. The predicted molar refractivity (Wildman–Crippen MR) is 75.7 cm³/mol. The number of nitrogen functional groups attached to an aromatic ring is 1. The molecule has 0 fully saturated rings.